The summed E-state index contributed by atoms with van der Waals surface area (Å²) in [6, 6.07) is 7.02. The van der Waals surface area contributed by atoms with Crippen molar-refractivity contribution in [3.05, 3.63) is 35.4 Å². The first-order chi connectivity index (χ1) is 9.54. The van der Waals surface area contributed by atoms with Crippen LogP contribution < -0.4 is 0 Å². The van der Waals surface area contributed by atoms with Crippen molar-refractivity contribution in [2.24, 2.45) is 5.92 Å². The van der Waals surface area contributed by atoms with E-state index in [2.05, 4.69) is 0 Å². The smallest absolute Gasteiger partial charge is 0.328 e. The van der Waals surface area contributed by atoms with Crippen LogP contribution in [0, 0.1) is 5.92 Å². The molecule has 0 radical (unpaired) electrons. The number of ether oxygens (including phenoxy) is 1. The number of carbonyl (C=O) groups excluding carboxylic acids is 2. The average molecular weight is 275 g/mol. The maximum atomic E-state index is 12.4. The van der Waals surface area contributed by atoms with Crippen LogP contribution in [0.2, 0.25) is 0 Å². The summed E-state index contributed by atoms with van der Waals surface area (Å²) in [5, 5.41) is 0. The van der Waals surface area contributed by atoms with E-state index in [0.29, 0.717) is 31.1 Å². The number of carbonyl (C=O) groups is 2. The minimum atomic E-state index is -0.491. The maximum Gasteiger partial charge on any atom is 0.328 e. The van der Waals surface area contributed by atoms with Gasteiger partial charge in [-0.05, 0) is 30.9 Å². The standard InChI is InChI=1S/C16H21NO3/c1-4-20-16(19)14(9-11(2)3)17-10-12-7-5-6-8-13(12)15(17)18/h5-8,11,14H,4,9-10H2,1-3H3. The molecule has 1 aliphatic rings. The number of nitrogens with zero attached hydrogens (tertiary/aromatic N) is 1. The van der Waals surface area contributed by atoms with Gasteiger partial charge in [-0.1, -0.05) is 32.0 Å². The van der Waals surface area contributed by atoms with Gasteiger partial charge in [-0.3, -0.25) is 4.79 Å². The molecule has 0 bridgehead atoms. The first kappa shape index (κ1) is 14.6. The van der Waals surface area contributed by atoms with Gasteiger partial charge in [-0.15, -0.1) is 0 Å². The summed E-state index contributed by atoms with van der Waals surface area (Å²) in [5.74, 6) is -0.0532. The molecule has 1 unspecified atom stereocenters. The maximum absolute atomic E-state index is 12.4. The molecular formula is C16H21NO3. The van der Waals surface area contributed by atoms with E-state index in [-0.39, 0.29) is 11.9 Å². The highest BCUT2D eigenvalue weighted by Crippen LogP contribution is 2.27. The number of esters is 1. The number of benzene rings is 1. The topological polar surface area (TPSA) is 46.6 Å². The van der Waals surface area contributed by atoms with Crippen molar-refractivity contribution < 1.29 is 14.3 Å². The zero-order valence-electron chi connectivity index (χ0n) is 12.3. The van der Waals surface area contributed by atoms with Crippen LogP contribution in [0.3, 0.4) is 0 Å². The lowest BCUT2D eigenvalue weighted by Crippen LogP contribution is -2.43. The van der Waals surface area contributed by atoms with E-state index in [1.807, 2.05) is 38.1 Å². The van der Waals surface area contributed by atoms with Gasteiger partial charge < -0.3 is 9.64 Å². The molecule has 1 aromatic rings. The summed E-state index contributed by atoms with van der Waals surface area (Å²) in [6.45, 7) is 6.69. The Morgan fingerprint density at radius 1 is 1.35 bits per heavy atom. The van der Waals surface area contributed by atoms with Crippen LogP contribution >= 0.6 is 0 Å². The Kier molecular flexibility index (Phi) is 4.42. The van der Waals surface area contributed by atoms with Crippen molar-refractivity contribution in [3.63, 3.8) is 0 Å². The van der Waals surface area contributed by atoms with Crippen LogP contribution in [0.1, 0.15) is 43.1 Å². The van der Waals surface area contributed by atoms with E-state index in [1.54, 1.807) is 11.8 Å². The zero-order chi connectivity index (χ0) is 14.7. The summed E-state index contributed by atoms with van der Waals surface area (Å²) in [7, 11) is 0. The van der Waals surface area contributed by atoms with Crippen LogP contribution in [0.15, 0.2) is 24.3 Å². The van der Waals surface area contributed by atoms with E-state index in [1.165, 1.54) is 0 Å². The molecule has 2 rings (SSSR count). The monoisotopic (exact) mass is 275 g/mol. The number of hydrogen-bond donors (Lipinski definition) is 0. The minimum absolute atomic E-state index is 0.0701. The Bertz CT molecular complexity index is 510. The van der Waals surface area contributed by atoms with Crippen LogP contribution in [0.4, 0.5) is 0 Å². The summed E-state index contributed by atoms with van der Waals surface area (Å²) in [6.07, 6.45) is 0.624. The van der Waals surface area contributed by atoms with Crippen LogP contribution in [-0.2, 0) is 16.1 Å². The molecule has 0 aliphatic carbocycles. The summed E-state index contributed by atoms with van der Waals surface area (Å²) in [4.78, 5) is 26.2. The molecule has 0 fully saturated rings. The number of fused-ring (bicyclic) bond motifs is 1. The second-order valence-electron chi connectivity index (χ2n) is 5.49. The summed E-state index contributed by atoms with van der Waals surface area (Å²) < 4.78 is 5.13. The van der Waals surface area contributed by atoms with Crippen LogP contribution in [0.5, 0.6) is 0 Å². The Hall–Kier alpha value is -1.84. The molecule has 1 aliphatic heterocycles. The van der Waals surface area contributed by atoms with Gasteiger partial charge in [0.25, 0.3) is 5.91 Å². The van der Waals surface area contributed by atoms with Gasteiger partial charge >= 0.3 is 5.97 Å². The van der Waals surface area contributed by atoms with Gasteiger partial charge in [0.05, 0.1) is 6.61 Å². The highest BCUT2D eigenvalue weighted by Gasteiger charge is 2.37. The highest BCUT2D eigenvalue weighted by molar-refractivity contribution is 6.00. The van der Waals surface area contributed by atoms with Crippen molar-refractivity contribution in [2.45, 2.75) is 39.8 Å². The molecule has 4 nitrogen and oxygen atoms in total. The molecule has 1 heterocycles. The van der Waals surface area contributed by atoms with Crippen molar-refractivity contribution in [2.75, 3.05) is 6.61 Å². The lowest BCUT2D eigenvalue weighted by molar-refractivity contribution is -0.149. The second kappa shape index (κ2) is 6.07. The molecule has 0 saturated carbocycles. The van der Waals surface area contributed by atoms with Gasteiger partial charge in [0.1, 0.15) is 6.04 Å². The van der Waals surface area contributed by atoms with E-state index < -0.39 is 6.04 Å². The van der Waals surface area contributed by atoms with Crippen LogP contribution in [0.25, 0.3) is 0 Å². The fourth-order valence-electron chi connectivity index (χ4n) is 2.56. The lowest BCUT2D eigenvalue weighted by Gasteiger charge is -2.27. The molecule has 4 heteroatoms. The van der Waals surface area contributed by atoms with Crippen LogP contribution in [-0.4, -0.2) is 29.4 Å². The van der Waals surface area contributed by atoms with E-state index in [9.17, 15) is 9.59 Å². The quantitative estimate of drug-likeness (QED) is 0.776. The predicted octanol–water partition coefficient (Wildman–Crippen LogP) is 2.62. The van der Waals surface area contributed by atoms with Gasteiger partial charge in [0, 0.05) is 12.1 Å². The summed E-state index contributed by atoms with van der Waals surface area (Å²) in [5.41, 5.74) is 1.68. The van der Waals surface area contributed by atoms with E-state index in [0.717, 1.165) is 5.56 Å². The Morgan fingerprint density at radius 3 is 2.65 bits per heavy atom. The van der Waals surface area contributed by atoms with E-state index in [4.69, 9.17) is 4.74 Å². The largest absolute Gasteiger partial charge is 0.464 e. The fourth-order valence-corrected chi connectivity index (χ4v) is 2.56. The molecule has 0 saturated heterocycles. The molecule has 1 atom stereocenters. The normalized spacial score (nSPS) is 15.4. The average Bonchev–Trinajstić information content (AvgIpc) is 2.74. The van der Waals surface area contributed by atoms with Gasteiger partial charge in [0.2, 0.25) is 0 Å². The molecule has 1 aromatic carbocycles. The van der Waals surface area contributed by atoms with Gasteiger partial charge in [-0.2, -0.15) is 0 Å². The highest BCUT2D eigenvalue weighted by atomic mass is 16.5. The molecule has 0 aromatic heterocycles. The molecule has 0 N–H and O–H groups in total. The first-order valence-electron chi connectivity index (χ1n) is 7.10. The lowest BCUT2D eigenvalue weighted by atomic mass is 10.0. The van der Waals surface area contributed by atoms with Crippen molar-refractivity contribution in [1.29, 1.82) is 0 Å². The van der Waals surface area contributed by atoms with Crippen molar-refractivity contribution in [3.8, 4) is 0 Å². The Labute approximate surface area is 119 Å². The number of hydrogen-bond acceptors (Lipinski definition) is 3. The number of rotatable bonds is 5. The fraction of sp³-hybridized carbons (Fsp3) is 0.500. The SMILES string of the molecule is CCOC(=O)C(CC(C)C)N1Cc2ccccc2C1=O. The van der Waals surface area contributed by atoms with E-state index >= 15 is 0 Å². The van der Waals surface area contributed by atoms with Crippen molar-refractivity contribution >= 4 is 11.9 Å². The third kappa shape index (κ3) is 2.84. The Morgan fingerprint density at radius 2 is 2.05 bits per heavy atom. The molecule has 20 heavy (non-hydrogen) atoms. The molecular weight excluding hydrogens is 254 g/mol. The third-order valence-electron chi connectivity index (χ3n) is 3.48. The van der Waals surface area contributed by atoms with Gasteiger partial charge in [0.15, 0.2) is 0 Å². The molecule has 0 spiro atoms. The van der Waals surface area contributed by atoms with Crippen molar-refractivity contribution in [1.82, 2.24) is 4.90 Å². The first-order valence-corrected chi connectivity index (χ1v) is 7.10. The minimum Gasteiger partial charge on any atom is -0.464 e. The van der Waals surface area contributed by atoms with Gasteiger partial charge in [-0.25, -0.2) is 4.79 Å². The third-order valence-corrected chi connectivity index (χ3v) is 3.48. The molecule has 1 amide bonds. The Balaban J connectivity index is 2.23. The number of amides is 1. The molecule has 108 valence electrons. The predicted molar refractivity (Wildman–Crippen MR) is 76.2 cm³/mol. The second-order valence-corrected chi connectivity index (χ2v) is 5.49. The zero-order valence-corrected chi connectivity index (χ0v) is 12.3. The summed E-state index contributed by atoms with van der Waals surface area (Å²) >= 11 is 0.